The van der Waals surface area contributed by atoms with Crippen LogP contribution in [0.25, 0.3) is 11.0 Å². The minimum atomic E-state index is 0.215. The van der Waals surface area contributed by atoms with Crippen LogP contribution in [0.15, 0.2) is 18.2 Å². The maximum absolute atomic E-state index is 6.16. The van der Waals surface area contributed by atoms with Crippen molar-refractivity contribution in [1.82, 2.24) is 14.9 Å². The third kappa shape index (κ3) is 2.13. The van der Waals surface area contributed by atoms with Crippen LogP contribution in [0.4, 0.5) is 0 Å². The summed E-state index contributed by atoms with van der Waals surface area (Å²) in [5, 5.41) is 4.25. The van der Waals surface area contributed by atoms with E-state index in [2.05, 4.69) is 23.7 Å². The van der Waals surface area contributed by atoms with Crippen molar-refractivity contribution in [2.24, 2.45) is 0 Å². The van der Waals surface area contributed by atoms with E-state index in [1.165, 1.54) is 24.2 Å². The summed E-state index contributed by atoms with van der Waals surface area (Å²) in [6.07, 6.45) is 3.48. The van der Waals surface area contributed by atoms with Crippen molar-refractivity contribution in [3.63, 3.8) is 0 Å². The quantitative estimate of drug-likeness (QED) is 0.933. The van der Waals surface area contributed by atoms with E-state index in [1.54, 1.807) is 0 Å². The highest BCUT2D eigenvalue weighted by atomic mass is 35.5. The van der Waals surface area contributed by atoms with Crippen LogP contribution in [-0.2, 0) is 12.0 Å². The first-order valence-corrected chi connectivity index (χ1v) is 7.95. The molecule has 0 atom stereocenters. The third-order valence-electron chi connectivity index (χ3n) is 4.74. The van der Waals surface area contributed by atoms with Crippen molar-refractivity contribution in [2.45, 2.75) is 45.1 Å². The van der Waals surface area contributed by atoms with Gasteiger partial charge in [-0.15, -0.1) is 0 Å². The van der Waals surface area contributed by atoms with Gasteiger partial charge in [-0.1, -0.05) is 18.5 Å². The van der Waals surface area contributed by atoms with Crippen LogP contribution in [-0.4, -0.2) is 22.6 Å². The van der Waals surface area contributed by atoms with Gasteiger partial charge in [-0.05, 0) is 57.5 Å². The lowest BCUT2D eigenvalue weighted by molar-refractivity contribution is 0.275. The van der Waals surface area contributed by atoms with E-state index in [4.69, 9.17) is 16.6 Å². The second kappa shape index (κ2) is 5.38. The number of nitrogens with one attached hydrogen (secondary N) is 1. The van der Waals surface area contributed by atoms with Gasteiger partial charge in [-0.2, -0.15) is 0 Å². The fourth-order valence-corrected chi connectivity index (χ4v) is 3.63. The highest BCUT2D eigenvalue weighted by molar-refractivity contribution is 6.31. The number of hydrogen-bond donors (Lipinski definition) is 1. The number of aromatic nitrogens is 2. The van der Waals surface area contributed by atoms with Crippen LogP contribution < -0.4 is 5.32 Å². The molecular weight excluding hydrogens is 270 g/mol. The van der Waals surface area contributed by atoms with Crippen molar-refractivity contribution in [3.8, 4) is 0 Å². The zero-order valence-corrected chi connectivity index (χ0v) is 13.0. The normalized spacial score (nSPS) is 18.6. The number of nitrogens with zero attached hydrogens (tertiary/aromatic N) is 2. The molecule has 0 spiro atoms. The Morgan fingerprint density at radius 1 is 1.30 bits per heavy atom. The van der Waals surface area contributed by atoms with Crippen LogP contribution >= 0.6 is 11.6 Å². The molecule has 108 valence electrons. The molecule has 2 aromatic rings. The van der Waals surface area contributed by atoms with Gasteiger partial charge < -0.3 is 9.88 Å². The Bertz CT molecular complexity index is 611. The molecule has 1 aromatic carbocycles. The van der Waals surface area contributed by atoms with Crippen LogP contribution in [0, 0.1) is 0 Å². The SMILES string of the molecule is CCn1c(C2(CC)CCNCC2)nc2ccc(Cl)cc21. The summed E-state index contributed by atoms with van der Waals surface area (Å²) in [5.41, 5.74) is 2.45. The van der Waals surface area contributed by atoms with E-state index >= 15 is 0 Å². The van der Waals surface area contributed by atoms with Gasteiger partial charge >= 0.3 is 0 Å². The molecule has 3 nitrogen and oxygen atoms in total. The first-order chi connectivity index (χ1) is 9.70. The summed E-state index contributed by atoms with van der Waals surface area (Å²) in [4.78, 5) is 4.97. The summed E-state index contributed by atoms with van der Waals surface area (Å²) >= 11 is 6.16. The first kappa shape index (κ1) is 13.9. The maximum Gasteiger partial charge on any atom is 0.116 e. The molecule has 0 amide bonds. The van der Waals surface area contributed by atoms with E-state index < -0.39 is 0 Å². The predicted molar refractivity (Wildman–Crippen MR) is 84.5 cm³/mol. The summed E-state index contributed by atoms with van der Waals surface area (Å²) in [6.45, 7) is 7.60. The van der Waals surface area contributed by atoms with Crippen LogP contribution in [0.2, 0.25) is 5.02 Å². The van der Waals surface area contributed by atoms with Gasteiger partial charge in [-0.3, -0.25) is 0 Å². The number of piperidine rings is 1. The lowest BCUT2D eigenvalue weighted by Gasteiger charge is -2.36. The van der Waals surface area contributed by atoms with Gasteiger partial charge in [-0.25, -0.2) is 4.98 Å². The average Bonchev–Trinajstić information content (AvgIpc) is 2.86. The molecule has 0 saturated carbocycles. The first-order valence-electron chi connectivity index (χ1n) is 7.57. The zero-order valence-electron chi connectivity index (χ0n) is 12.2. The van der Waals surface area contributed by atoms with Crippen molar-refractivity contribution in [1.29, 1.82) is 0 Å². The van der Waals surface area contributed by atoms with Gasteiger partial charge in [0.2, 0.25) is 0 Å². The van der Waals surface area contributed by atoms with Crippen LogP contribution in [0.5, 0.6) is 0 Å². The Labute approximate surface area is 125 Å². The topological polar surface area (TPSA) is 29.9 Å². The second-order valence-corrected chi connectivity index (χ2v) is 6.13. The number of aryl methyl sites for hydroxylation is 1. The number of imidazole rings is 1. The highest BCUT2D eigenvalue weighted by Gasteiger charge is 2.36. The number of rotatable bonds is 3. The molecule has 0 aliphatic carbocycles. The van der Waals surface area contributed by atoms with E-state index in [9.17, 15) is 0 Å². The van der Waals surface area contributed by atoms with Gasteiger partial charge in [0.05, 0.1) is 11.0 Å². The minimum absolute atomic E-state index is 0.215. The average molecular weight is 292 g/mol. The summed E-state index contributed by atoms with van der Waals surface area (Å²) in [6, 6.07) is 6.01. The monoisotopic (exact) mass is 291 g/mol. The van der Waals surface area contributed by atoms with Crippen molar-refractivity contribution in [2.75, 3.05) is 13.1 Å². The lowest BCUT2D eigenvalue weighted by atomic mass is 9.76. The second-order valence-electron chi connectivity index (χ2n) is 5.70. The number of hydrogen-bond acceptors (Lipinski definition) is 2. The van der Waals surface area contributed by atoms with Crippen molar-refractivity contribution in [3.05, 3.63) is 29.0 Å². The molecule has 3 rings (SSSR count). The van der Waals surface area contributed by atoms with Gasteiger partial charge in [0.25, 0.3) is 0 Å². The van der Waals surface area contributed by atoms with Gasteiger partial charge in [0, 0.05) is 17.0 Å². The van der Waals surface area contributed by atoms with Gasteiger partial charge in [0.1, 0.15) is 5.82 Å². The van der Waals surface area contributed by atoms with Crippen LogP contribution in [0.1, 0.15) is 38.9 Å². The summed E-state index contributed by atoms with van der Waals surface area (Å²) < 4.78 is 2.36. The number of fused-ring (bicyclic) bond motifs is 1. The lowest BCUT2D eigenvalue weighted by Crippen LogP contribution is -2.41. The molecule has 0 unspecified atom stereocenters. The third-order valence-corrected chi connectivity index (χ3v) is 4.97. The smallest absolute Gasteiger partial charge is 0.116 e. The fourth-order valence-electron chi connectivity index (χ4n) is 3.46. The Morgan fingerprint density at radius 3 is 2.70 bits per heavy atom. The molecule has 20 heavy (non-hydrogen) atoms. The summed E-state index contributed by atoms with van der Waals surface area (Å²) in [5.74, 6) is 1.25. The fraction of sp³-hybridized carbons (Fsp3) is 0.562. The van der Waals surface area contributed by atoms with E-state index in [1.807, 2.05) is 18.2 Å². The number of halogens is 1. The summed E-state index contributed by atoms with van der Waals surface area (Å²) in [7, 11) is 0. The van der Waals surface area contributed by atoms with Crippen LogP contribution in [0.3, 0.4) is 0 Å². The standard InChI is InChI=1S/C16H22ClN3/c1-3-16(7-9-18-10-8-16)15-19-13-6-5-12(17)11-14(13)20(15)4-2/h5-6,11,18H,3-4,7-10H2,1-2H3. The Morgan fingerprint density at radius 2 is 2.05 bits per heavy atom. The molecule has 4 heteroatoms. The van der Waals surface area contributed by atoms with Crippen molar-refractivity contribution >= 4 is 22.6 Å². The molecule has 1 N–H and O–H groups in total. The van der Waals surface area contributed by atoms with E-state index in [0.717, 1.165) is 36.6 Å². The van der Waals surface area contributed by atoms with Crippen molar-refractivity contribution < 1.29 is 0 Å². The van der Waals surface area contributed by atoms with E-state index in [0.29, 0.717) is 0 Å². The molecule has 2 heterocycles. The van der Waals surface area contributed by atoms with Gasteiger partial charge in [0.15, 0.2) is 0 Å². The molecule has 1 aromatic heterocycles. The molecule has 1 aliphatic heterocycles. The Kier molecular flexibility index (Phi) is 3.74. The highest BCUT2D eigenvalue weighted by Crippen LogP contribution is 2.38. The Hall–Kier alpha value is -1.06. The largest absolute Gasteiger partial charge is 0.328 e. The molecule has 0 bridgehead atoms. The Balaban J connectivity index is 2.19. The van der Waals surface area contributed by atoms with E-state index in [-0.39, 0.29) is 5.41 Å². The zero-order chi connectivity index (χ0) is 14.2. The molecular formula is C16H22ClN3. The maximum atomic E-state index is 6.16. The number of benzene rings is 1. The molecule has 1 aliphatic rings. The minimum Gasteiger partial charge on any atom is -0.328 e. The predicted octanol–water partition coefficient (Wildman–Crippen LogP) is 3.74. The molecule has 1 saturated heterocycles. The molecule has 1 fully saturated rings. The molecule has 0 radical (unpaired) electrons.